The predicted octanol–water partition coefficient (Wildman–Crippen LogP) is 4.36. The van der Waals surface area contributed by atoms with Gasteiger partial charge >= 0.3 is 0 Å². The van der Waals surface area contributed by atoms with Gasteiger partial charge in [0.25, 0.3) is 0 Å². The van der Waals surface area contributed by atoms with Gasteiger partial charge in [0.15, 0.2) is 0 Å². The summed E-state index contributed by atoms with van der Waals surface area (Å²) in [5.41, 5.74) is 1.22. The van der Waals surface area contributed by atoms with Crippen molar-refractivity contribution in [1.29, 1.82) is 0 Å². The minimum Gasteiger partial charge on any atom is -0.494 e. The van der Waals surface area contributed by atoms with Gasteiger partial charge in [-0.05, 0) is 57.4 Å². The highest BCUT2D eigenvalue weighted by atomic mass is 16.5. The summed E-state index contributed by atoms with van der Waals surface area (Å²) < 4.78 is 5.81. The maximum Gasteiger partial charge on any atom is 0.119 e. The normalized spacial score (nSPS) is 20.4. The molecule has 0 saturated carbocycles. The highest BCUT2D eigenvalue weighted by Gasteiger charge is 2.17. The van der Waals surface area contributed by atoms with Gasteiger partial charge in [-0.25, -0.2) is 0 Å². The molecule has 1 heterocycles. The van der Waals surface area contributed by atoms with Gasteiger partial charge in [0, 0.05) is 12.6 Å². The largest absolute Gasteiger partial charge is 0.494 e. The van der Waals surface area contributed by atoms with Crippen LogP contribution >= 0.6 is 0 Å². The van der Waals surface area contributed by atoms with Crippen LogP contribution < -0.4 is 4.74 Å². The Bertz CT molecular complexity index is 410. The number of ether oxygens (including phenoxy) is 1. The minimum absolute atomic E-state index is 0.754. The van der Waals surface area contributed by atoms with E-state index in [-0.39, 0.29) is 0 Å². The van der Waals surface area contributed by atoms with Crippen LogP contribution in [0.1, 0.15) is 45.1 Å². The molecule has 0 aliphatic carbocycles. The zero-order valence-corrected chi connectivity index (χ0v) is 12.8. The van der Waals surface area contributed by atoms with E-state index in [1.165, 1.54) is 31.4 Å². The minimum atomic E-state index is 0.754. The Morgan fingerprint density at radius 2 is 2.05 bits per heavy atom. The van der Waals surface area contributed by atoms with Gasteiger partial charge in [-0.15, -0.1) is 0 Å². The summed E-state index contributed by atoms with van der Waals surface area (Å²) in [5, 5.41) is 0. The quantitative estimate of drug-likeness (QED) is 0.714. The molecule has 2 nitrogen and oxygen atoms in total. The number of nitrogens with zero attached hydrogens (tertiary/aromatic N) is 1. The first-order valence-corrected chi connectivity index (χ1v) is 7.89. The zero-order chi connectivity index (χ0) is 14.2. The summed E-state index contributed by atoms with van der Waals surface area (Å²) in [4.78, 5) is 2.60. The molecular weight excluding hydrogens is 246 g/mol. The number of piperidine rings is 1. The van der Waals surface area contributed by atoms with Crippen molar-refractivity contribution in [1.82, 2.24) is 4.90 Å². The molecule has 0 aromatic heterocycles. The van der Waals surface area contributed by atoms with Crippen LogP contribution in [0.5, 0.6) is 5.75 Å². The van der Waals surface area contributed by atoms with Gasteiger partial charge < -0.3 is 9.64 Å². The standard InChI is InChI=1S/C18H27NO/c1-3-7-17-9-11-18(12-10-17)20-15-6-14-19-13-5-4-8-16(19)2/h3,7,9-12,16H,4-6,8,13-15H2,1-2H3/b7-3-. The topological polar surface area (TPSA) is 12.5 Å². The van der Waals surface area contributed by atoms with E-state index in [1.807, 2.05) is 6.92 Å². The van der Waals surface area contributed by atoms with E-state index in [0.29, 0.717) is 0 Å². The number of hydrogen-bond acceptors (Lipinski definition) is 2. The summed E-state index contributed by atoms with van der Waals surface area (Å²) in [6, 6.07) is 9.06. The fourth-order valence-electron chi connectivity index (χ4n) is 2.82. The number of likely N-dealkylation sites (tertiary alicyclic amines) is 1. The maximum absolute atomic E-state index is 5.81. The van der Waals surface area contributed by atoms with Crippen molar-refractivity contribution in [2.45, 2.75) is 45.6 Å². The smallest absolute Gasteiger partial charge is 0.119 e. The SMILES string of the molecule is C/C=C\c1ccc(OCCCN2CCCCC2C)cc1. The average Bonchev–Trinajstić information content (AvgIpc) is 2.47. The second-order valence-corrected chi connectivity index (χ2v) is 5.65. The lowest BCUT2D eigenvalue weighted by Gasteiger charge is -2.33. The van der Waals surface area contributed by atoms with Crippen LogP contribution in [0.25, 0.3) is 6.08 Å². The van der Waals surface area contributed by atoms with Crippen LogP contribution in [-0.4, -0.2) is 30.6 Å². The van der Waals surface area contributed by atoms with Crippen LogP contribution in [-0.2, 0) is 0 Å². The molecule has 1 aliphatic heterocycles. The van der Waals surface area contributed by atoms with Crippen molar-refractivity contribution in [2.75, 3.05) is 19.7 Å². The molecular formula is C18H27NO. The second kappa shape index (κ2) is 8.11. The van der Waals surface area contributed by atoms with E-state index < -0.39 is 0 Å². The molecule has 1 saturated heterocycles. The molecule has 1 aromatic carbocycles. The van der Waals surface area contributed by atoms with E-state index in [9.17, 15) is 0 Å². The number of hydrogen-bond donors (Lipinski definition) is 0. The van der Waals surface area contributed by atoms with Crippen LogP contribution in [0.3, 0.4) is 0 Å². The molecule has 0 N–H and O–H groups in total. The highest BCUT2D eigenvalue weighted by molar-refractivity contribution is 5.50. The first-order chi connectivity index (χ1) is 9.79. The van der Waals surface area contributed by atoms with Gasteiger partial charge in [-0.2, -0.15) is 0 Å². The molecule has 110 valence electrons. The Kier molecular flexibility index (Phi) is 6.13. The summed E-state index contributed by atoms with van der Waals surface area (Å²) in [5.74, 6) is 0.977. The van der Waals surface area contributed by atoms with Crippen molar-refractivity contribution in [3.63, 3.8) is 0 Å². The van der Waals surface area contributed by atoms with Gasteiger partial charge in [0.1, 0.15) is 5.75 Å². The van der Waals surface area contributed by atoms with Crippen molar-refractivity contribution in [3.8, 4) is 5.75 Å². The molecule has 0 bridgehead atoms. The monoisotopic (exact) mass is 273 g/mol. The summed E-state index contributed by atoms with van der Waals surface area (Å²) in [6.07, 6.45) is 9.37. The maximum atomic E-state index is 5.81. The van der Waals surface area contributed by atoms with Crippen molar-refractivity contribution in [3.05, 3.63) is 35.9 Å². The van der Waals surface area contributed by atoms with E-state index in [1.54, 1.807) is 0 Å². The molecule has 0 spiro atoms. The molecule has 20 heavy (non-hydrogen) atoms. The van der Waals surface area contributed by atoms with Crippen molar-refractivity contribution in [2.24, 2.45) is 0 Å². The lowest BCUT2D eigenvalue weighted by Crippen LogP contribution is -2.38. The molecule has 2 heteroatoms. The lowest BCUT2D eigenvalue weighted by atomic mass is 10.0. The third-order valence-corrected chi connectivity index (χ3v) is 4.04. The molecule has 0 radical (unpaired) electrons. The molecule has 2 rings (SSSR count). The lowest BCUT2D eigenvalue weighted by molar-refractivity contribution is 0.148. The molecule has 1 unspecified atom stereocenters. The summed E-state index contributed by atoms with van der Waals surface area (Å²) >= 11 is 0. The fraction of sp³-hybridized carbons (Fsp3) is 0.556. The Balaban J connectivity index is 1.67. The summed E-state index contributed by atoms with van der Waals surface area (Å²) in [6.45, 7) is 7.62. The van der Waals surface area contributed by atoms with Crippen LogP contribution in [0.15, 0.2) is 30.3 Å². The van der Waals surface area contributed by atoms with E-state index in [2.05, 4.69) is 48.2 Å². The Labute approximate surface area is 123 Å². The number of allylic oxidation sites excluding steroid dienone is 1. The van der Waals surface area contributed by atoms with Crippen molar-refractivity contribution >= 4 is 6.08 Å². The van der Waals surface area contributed by atoms with Crippen LogP contribution in [0, 0.1) is 0 Å². The average molecular weight is 273 g/mol. The van der Waals surface area contributed by atoms with Gasteiger partial charge in [0.05, 0.1) is 6.61 Å². The first kappa shape index (κ1) is 15.1. The number of rotatable bonds is 6. The fourth-order valence-corrected chi connectivity index (χ4v) is 2.82. The van der Waals surface area contributed by atoms with Gasteiger partial charge in [-0.1, -0.05) is 30.7 Å². The molecule has 0 amide bonds. The first-order valence-electron chi connectivity index (χ1n) is 7.89. The molecule has 1 aliphatic rings. The third kappa shape index (κ3) is 4.68. The highest BCUT2D eigenvalue weighted by Crippen LogP contribution is 2.17. The van der Waals surface area contributed by atoms with Gasteiger partial charge in [0.2, 0.25) is 0 Å². The van der Waals surface area contributed by atoms with Crippen LogP contribution in [0.2, 0.25) is 0 Å². The van der Waals surface area contributed by atoms with E-state index in [4.69, 9.17) is 4.74 Å². The third-order valence-electron chi connectivity index (χ3n) is 4.04. The van der Waals surface area contributed by atoms with Gasteiger partial charge in [-0.3, -0.25) is 0 Å². The van der Waals surface area contributed by atoms with Crippen molar-refractivity contribution < 1.29 is 4.74 Å². The van der Waals surface area contributed by atoms with E-state index in [0.717, 1.165) is 31.4 Å². The summed E-state index contributed by atoms with van der Waals surface area (Å²) in [7, 11) is 0. The predicted molar refractivity (Wildman–Crippen MR) is 86.1 cm³/mol. The Morgan fingerprint density at radius 1 is 1.25 bits per heavy atom. The molecule has 1 atom stereocenters. The van der Waals surface area contributed by atoms with E-state index >= 15 is 0 Å². The Morgan fingerprint density at radius 3 is 2.75 bits per heavy atom. The molecule has 1 aromatic rings. The molecule has 1 fully saturated rings. The number of benzene rings is 1. The Hall–Kier alpha value is -1.28. The van der Waals surface area contributed by atoms with Crippen LogP contribution in [0.4, 0.5) is 0 Å². The zero-order valence-electron chi connectivity index (χ0n) is 12.8. The second-order valence-electron chi connectivity index (χ2n) is 5.65.